The Morgan fingerprint density at radius 3 is 2.65 bits per heavy atom. The van der Waals surface area contributed by atoms with Gasteiger partial charge in [0.2, 0.25) is 0 Å². The molecule has 0 atom stereocenters. The van der Waals surface area contributed by atoms with Crippen LogP contribution in [0.3, 0.4) is 0 Å². The van der Waals surface area contributed by atoms with Crippen molar-refractivity contribution in [3.05, 3.63) is 82.9 Å². The Kier molecular flexibility index (Phi) is 5.85. The Balaban J connectivity index is 1.50. The van der Waals surface area contributed by atoms with Crippen molar-refractivity contribution in [3.8, 4) is 40.1 Å². The number of thiophene rings is 1. The highest BCUT2D eigenvalue weighted by atomic mass is 32.2. The van der Waals surface area contributed by atoms with Crippen molar-refractivity contribution >= 4 is 37.8 Å². The highest BCUT2D eigenvalue weighted by molar-refractivity contribution is 7.93. The summed E-state index contributed by atoms with van der Waals surface area (Å²) in [6, 6.07) is 13.4. The summed E-state index contributed by atoms with van der Waals surface area (Å²) in [6.45, 7) is 0. The summed E-state index contributed by atoms with van der Waals surface area (Å²) in [7, 11) is -3.91. The average molecular weight is 507 g/mol. The van der Waals surface area contributed by atoms with Gasteiger partial charge in [-0.25, -0.2) is 18.4 Å². The first kappa shape index (κ1) is 21.8. The largest absolute Gasteiger partial charge is 0.472 e. The summed E-state index contributed by atoms with van der Waals surface area (Å²) in [5.41, 5.74) is 3.03. The standard InChI is InChI=1S/C23H14N4O4S3/c24-12-17-11-18(34(28,29)27-23-25-7-10-33-23)1-3-20(17)31-21-4-2-19(16-6-9-32-14-16)26-22(21)15-5-8-30-13-15/h1-11,13-14H,(H,25,27). The molecule has 4 aromatic heterocycles. The second-order valence-corrected chi connectivity index (χ2v) is 10.2. The summed E-state index contributed by atoms with van der Waals surface area (Å²) in [6.07, 6.45) is 4.58. The number of sulfonamides is 1. The average Bonchev–Trinajstić information content (AvgIpc) is 3.63. The van der Waals surface area contributed by atoms with Crippen LogP contribution in [0, 0.1) is 11.3 Å². The third-order valence-electron chi connectivity index (χ3n) is 4.73. The Morgan fingerprint density at radius 2 is 1.94 bits per heavy atom. The van der Waals surface area contributed by atoms with Gasteiger partial charge >= 0.3 is 0 Å². The molecule has 0 aliphatic rings. The van der Waals surface area contributed by atoms with E-state index in [0.717, 1.165) is 22.6 Å². The molecule has 8 nitrogen and oxygen atoms in total. The second kappa shape index (κ2) is 9.11. The van der Waals surface area contributed by atoms with E-state index in [0.29, 0.717) is 17.0 Å². The molecule has 34 heavy (non-hydrogen) atoms. The molecule has 0 aliphatic carbocycles. The fourth-order valence-corrected chi connectivity index (χ4v) is 5.59. The zero-order valence-corrected chi connectivity index (χ0v) is 19.7. The third kappa shape index (κ3) is 4.42. The van der Waals surface area contributed by atoms with E-state index in [2.05, 4.69) is 9.71 Å². The summed E-state index contributed by atoms with van der Waals surface area (Å²) in [5, 5.41) is 15.5. The lowest BCUT2D eigenvalue weighted by atomic mass is 10.1. The first-order valence-electron chi connectivity index (χ1n) is 9.74. The van der Waals surface area contributed by atoms with Crippen LogP contribution in [0.1, 0.15) is 5.56 Å². The van der Waals surface area contributed by atoms with Crippen LogP contribution >= 0.6 is 22.7 Å². The fraction of sp³-hybridized carbons (Fsp3) is 0. The molecule has 5 aromatic rings. The van der Waals surface area contributed by atoms with Crippen molar-refractivity contribution in [3.63, 3.8) is 0 Å². The van der Waals surface area contributed by atoms with Crippen LogP contribution in [0.5, 0.6) is 11.5 Å². The van der Waals surface area contributed by atoms with Crippen LogP contribution < -0.4 is 9.46 Å². The van der Waals surface area contributed by atoms with Gasteiger partial charge in [0.25, 0.3) is 10.0 Å². The van der Waals surface area contributed by atoms with Gasteiger partial charge < -0.3 is 9.15 Å². The first-order valence-corrected chi connectivity index (χ1v) is 13.0. The molecule has 11 heteroatoms. The maximum Gasteiger partial charge on any atom is 0.263 e. The van der Waals surface area contributed by atoms with E-state index in [9.17, 15) is 13.7 Å². The van der Waals surface area contributed by atoms with Crippen LogP contribution in [0.2, 0.25) is 0 Å². The number of pyridine rings is 1. The Hall–Kier alpha value is -3.98. The Labute approximate surface area is 202 Å². The Morgan fingerprint density at radius 1 is 1.06 bits per heavy atom. The number of furan rings is 1. The number of anilines is 1. The second-order valence-electron chi connectivity index (χ2n) is 6.88. The highest BCUT2D eigenvalue weighted by Crippen LogP contribution is 2.36. The van der Waals surface area contributed by atoms with Crippen LogP contribution in [0.4, 0.5) is 5.13 Å². The van der Waals surface area contributed by atoms with Gasteiger partial charge in [-0.2, -0.15) is 16.6 Å². The van der Waals surface area contributed by atoms with E-state index in [1.54, 1.807) is 35.1 Å². The summed E-state index contributed by atoms with van der Waals surface area (Å²) >= 11 is 2.72. The molecular weight excluding hydrogens is 492 g/mol. The van der Waals surface area contributed by atoms with E-state index in [1.165, 1.54) is 30.7 Å². The molecule has 0 saturated heterocycles. The minimum absolute atomic E-state index is 0.0575. The summed E-state index contributed by atoms with van der Waals surface area (Å²) in [5.74, 6) is 0.596. The van der Waals surface area contributed by atoms with Gasteiger partial charge in [-0.05, 0) is 47.8 Å². The number of nitrogens with zero attached hydrogens (tertiary/aromatic N) is 3. The Bertz CT molecular complexity index is 1570. The van der Waals surface area contributed by atoms with Gasteiger partial charge in [0.1, 0.15) is 17.5 Å². The van der Waals surface area contributed by atoms with E-state index < -0.39 is 10.0 Å². The molecule has 0 fully saturated rings. The fourth-order valence-electron chi connectivity index (χ4n) is 3.12. The van der Waals surface area contributed by atoms with E-state index in [-0.39, 0.29) is 21.3 Å². The maximum absolute atomic E-state index is 12.7. The molecule has 0 bridgehead atoms. The number of aromatic nitrogens is 2. The number of hydrogen-bond acceptors (Lipinski definition) is 9. The number of nitriles is 1. The number of hydrogen-bond donors (Lipinski definition) is 1. The van der Waals surface area contributed by atoms with Gasteiger partial charge in [-0.1, -0.05) is 0 Å². The van der Waals surface area contributed by atoms with Crippen LogP contribution in [0.25, 0.3) is 22.5 Å². The van der Waals surface area contributed by atoms with Crippen molar-refractivity contribution in [1.29, 1.82) is 5.26 Å². The molecule has 4 heterocycles. The maximum atomic E-state index is 12.7. The minimum atomic E-state index is -3.91. The van der Waals surface area contributed by atoms with Crippen LogP contribution in [-0.4, -0.2) is 18.4 Å². The van der Waals surface area contributed by atoms with E-state index in [1.807, 2.05) is 29.0 Å². The zero-order chi connectivity index (χ0) is 23.5. The quantitative estimate of drug-likeness (QED) is 0.288. The molecule has 5 rings (SSSR count). The van der Waals surface area contributed by atoms with Gasteiger partial charge in [-0.3, -0.25) is 4.72 Å². The van der Waals surface area contributed by atoms with Gasteiger partial charge in [0.15, 0.2) is 10.9 Å². The van der Waals surface area contributed by atoms with Crippen molar-refractivity contribution in [2.24, 2.45) is 0 Å². The van der Waals surface area contributed by atoms with Crippen LogP contribution in [0.15, 0.2) is 86.6 Å². The molecule has 0 spiro atoms. The van der Waals surface area contributed by atoms with Crippen molar-refractivity contribution in [1.82, 2.24) is 9.97 Å². The molecule has 1 aromatic carbocycles. The topological polar surface area (TPSA) is 118 Å². The van der Waals surface area contributed by atoms with Gasteiger partial charge in [-0.15, -0.1) is 11.3 Å². The molecule has 0 unspecified atom stereocenters. The predicted octanol–water partition coefficient (Wildman–Crippen LogP) is 5.99. The number of benzene rings is 1. The lowest BCUT2D eigenvalue weighted by molar-refractivity contribution is 0.480. The number of nitrogens with one attached hydrogen (secondary N) is 1. The number of rotatable bonds is 7. The molecule has 1 N–H and O–H groups in total. The van der Waals surface area contributed by atoms with Crippen LogP contribution in [-0.2, 0) is 10.0 Å². The molecule has 0 radical (unpaired) electrons. The first-order chi connectivity index (χ1) is 16.5. The smallest absolute Gasteiger partial charge is 0.263 e. The monoisotopic (exact) mass is 506 g/mol. The lowest BCUT2D eigenvalue weighted by Gasteiger charge is -2.13. The van der Waals surface area contributed by atoms with E-state index >= 15 is 0 Å². The predicted molar refractivity (Wildman–Crippen MR) is 129 cm³/mol. The SMILES string of the molecule is N#Cc1cc(S(=O)(=O)Nc2nccs2)ccc1Oc1ccc(-c2ccsc2)nc1-c1ccoc1. The van der Waals surface area contributed by atoms with Gasteiger partial charge in [0.05, 0.1) is 28.7 Å². The third-order valence-corrected chi connectivity index (χ3v) is 7.56. The number of thiazole rings is 1. The van der Waals surface area contributed by atoms with Crippen molar-refractivity contribution in [2.45, 2.75) is 4.90 Å². The minimum Gasteiger partial charge on any atom is -0.472 e. The normalized spacial score (nSPS) is 11.1. The lowest BCUT2D eigenvalue weighted by Crippen LogP contribution is -2.13. The highest BCUT2D eigenvalue weighted by Gasteiger charge is 2.20. The van der Waals surface area contributed by atoms with Crippen molar-refractivity contribution in [2.75, 3.05) is 4.72 Å². The van der Waals surface area contributed by atoms with E-state index in [4.69, 9.17) is 14.1 Å². The van der Waals surface area contributed by atoms with Crippen molar-refractivity contribution < 1.29 is 17.6 Å². The summed E-state index contributed by atoms with van der Waals surface area (Å²) in [4.78, 5) is 8.59. The summed E-state index contributed by atoms with van der Waals surface area (Å²) < 4.78 is 39.0. The molecular formula is C23H14N4O4S3. The molecule has 168 valence electrons. The number of ether oxygens (including phenoxy) is 1. The van der Waals surface area contributed by atoms with Gasteiger partial charge in [0, 0.05) is 28.1 Å². The zero-order valence-electron chi connectivity index (χ0n) is 17.2. The molecule has 0 aliphatic heterocycles. The molecule has 0 amide bonds. The molecule has 0 saturated carbocycles.